The lowest BCUT2D eigenvalue weighted by Gasteiger charge is -2.41. The Kier molecular flexibility index (Phi) is 4.74. The first-order valence-electron chi connectivity index (χ1n) is 10.2. The number of aromatic nitrogens is 3. The highest BCUT2D eigenvalue weighted by molar-refractivity contribution is 5.79. The predicted octanol–water partition coefficient (Wildman–Crippen LogP) is 2.94. The zero-order chi connectivity index (χ0) is 18.9. The number of rotatable bonds is 3. The van der Waals surface area contributed by atoms with Crippen LogP contribution >= 0.6 is 0 Å². The zero-order valence-corrected chi connectivity index (χ0v) is 16.4. The van der Waals surface area contributed by atoms with Crippen molar-refractivity contribution in [3.05, 3.63) is 42.9 Å². The van der Waals surface area contributed by atoms with Crippen LogP contribution in [0.5, 0.6) is 0 Å². The Morgan fingerprint density at radius 3 is 2.46 bits per heavy atom. The summed E-state index contributed by atoms with van der Waals surface area (Å²) in [4.78, 5) is 14.2. The minimum absolute atomic E-state index is 0.714. The van der Waals surface area contributed by atoms with Crippen molar-refractivity contribution in [2.24, 2.45) is 7.05 Å². The van der Waals surface area contributed by atoms with Crippen molar-refractivity contribution in [1.29, 1.82) is 0 Å². The summed E-state index contributed by atoms with van der Waals surface area (Å²) >= 11 is 0. The number of hydrogen-bond donors (Lipinski definition) is 0. The summed E-state index contributed by atoms with van der Waals surface area (Å²) < 4.78 is 7.50. The van der Waals surface area contributed by atoms with Gasteiger partial charge in [0.2, 0.25) is 0 Å². The van der Waals surface area contributed by atoms with Gasteiger partial charge in [0, 0.05) is 63.7 Å². The summed E-state index contributed by atoms with van der Waals surface area (Å²) in [5.41, 5.74) is 5.46. The number of piperazine rings is 1. The predicted molar refractivity (Wildman–Crippen MR) is 112 cm³/mol. The molecule has 0 radical (unpaired) electrons. The monoisotopic (exact) mass is 377 g/mol. The van der Waals surface area contributed by atoms with Gasteiger partial charge < -0.3 is 14.2 Å². The molecule has 2 fully saturated rings. The lowest BCUT2D eigenvalue weighted by Crippen LogP contribution is -2.51. The molecule has 28 heavy (non-hydrogen) atoms. The minimum Gasteiger partial charge on any atom is -0.381 e. The zero-order valence-electron chi connectivity index (χ0n) is 16.4. The van der Waals surface area contributed by atoms with Crippen LogP contribution in [-0.2, 0) is 11.8 Å². The molecule has 0 saturated carbocycles. The summed E-state index contributed by atoms with van der Waals surface area (Å²) in [6.07, 6.45) is 6.10. The molecule has 0 unspecified atom stereocenters. The van der Waals surface area contributed by atoms with Gasteiger partial charge in [-0.1, -0.05) is 12.1 Å². The Hall–Kier alpha value is -2.44. The number of benzene rings is 1. The van der Waals surface area contributed by atoms with Crippen molar-refractivity contribution < 1.29 is 4.74 Å². The maximum absolute atomic E-state index is 5.51. The van der Waals surface area contributed by atoms with Crippen LogP contribution in [0.1, 0.15) is 12.8 Å². The van der Waals surface area contributed by atoms with Gasteiger partial charge in [-0.05, 0) is 31.0 Å². The minimum atomic E-state index is 0.714. The van der Waals surface area contributed by atoms with Crippen molar-refractivity contribution in [2.75, 3.05) is 44.3 Å². The maximum Gasteiger partial charge on any atom is 0.0956 e. The van der Waals surface area contributed by atoms with Gasteiger partial charge in [-0.2, -0.15) is 0 Å². The highest BCUT2D eigenvalue weighted by Crippen LogP contribution is 2.25. The molecule has 6 heteroatoms. The summed E-state index contributed by atoms with van der Waals surface area (Å²) in [5, 5.41) is 0. The Morgan fingerprint density at radius 2 is 1.71 bits per heavy atom. The van der Waals surface area contributed by atoms with E-state index in [1.54, 1.807) is 0 Å². The third kappa shape index (κ3) is 3.38. The summed E-state index contributed by atoms with van der Waals surface area (Å²) in [5.74, 6) is 0. The van der Waals surface area contributed by atoms with Crippen LogP contribution < -0.4 is 4.90 Å². The fourth-order valence-corrected chi connectivity index (χ4v) is 4.42. The standard InChI is InChI=1S/C22H27N5O/c1-25-16-24-21-14-20(23-15-22(21)25)17-2-4-18(5-3-17)26-8-10-27(11-9-26)19-6-12-28-13-7-19/h2-5,14-16,19H,6-13H2,1H3. The summed E-state index contributed by atoms with van der Waals surface area (Å²) in [7, 11) is 1.99. The van der Waals surface area contributed by atoms with E-state index in [1.807, 2.05) is 24.1 Å². The molecule has 3 aromatic rings. The van der Waals surface area contributed by atoms with Crippen LogP contribution in [0, 0.1) is 0 Å². The molecule has 4 heterocycles. The molecular formula is C22H27N5O. The topological polar surface area (TPSA) is 46.4 Å². The maximum atomic E-state index is 5.51. The SMILES string of the molecule is Cn1cnc2cc(-c3ccc(N4CCN(C5CCOCC5)CC4)cc3)ncc21. The first-order chi connectivity index (χ1) is 13.8. The first-order valence-corrected chi connectivity index (χ1v) is 10.2. The third-order valence-electron chi connectivity index (χ3n) is 6.16. The van der Waals surface area contributed by atoms with Crippen LogP contribution in [0.15, 0.2) is 42.9 Å². The van der Waals surface area contributed by atoms with Gasteiger partial charge in [0.05, 0.1) is 29.3 Å². The molecule has 1 aromatic carbocycles. The summed E-state index contributed by atoms with van der Waals surface area (Å²) in [6.45, 7) is 6.31. The Labute approximate surface area is 165 Å². The Bertz CT molecular complexity index is 937. The van der Waals surface area contributed by atoms with Crippen LogP contribution in [0.2, 0.25) is 0 Å². The molecule has 0 N–H and O–H groups in total. The van der Waals surface area contributed by atoms with Crippen molar-refractivity contribution in [2.45, 2.75) is 18.9 Å². The van der Waals surface area contributed by atoms with E-state index in [0.717, 1.165) is 61.7 Å². The van der Waals surface area contributed by atoms with E-state index in [4.69, 9.17) is 4.74 Å². The van der Waals surface area contributed by atoms with Crippen molar-refractivity contribution in [3.63, 3.8) is 0 Å². The molecule has 2 aromatic heterocycles. The number of nitrogens with zero attached hydrogens (tertiary/aromatic N) is 5. The molecule has 2 aliphatic rings. The average Bonchev–Trinajstić information content (AvgIpc) is 3.15. The average molecular weight is 377 g/mol. The van der Waals surface area contributed by atoms with E-state index in [1.165, 1.54) is 18.5 Å². The first kappa shape index (κ1) is 17.6. The van der Waals surface area contributed by atoms with Gasteiger partial charge in [-0.3, -0.25) is 9.88 Å². The number of ether oxygens (including phenoxy) is 1. The van der Waals surface area contributed by atoms with E-state index in [0.29, 0.717) is 6.04 Å². The van der Waals surface area contributed by atoms with E-state index in [9.17, 15) is 0 Å². The third-order valence-corrected chi connectivity index (χ3v) is 6.16. The Morgan fingerprint density at radius 1 is 0.964 bits per heavy atom. The van der Waals surface area contributed by atoms with Crippen molar-refractivity contribution in [3.8, 4) is 11.3 Å². The second-order valence-electron chi connectivity index (χ2n) is 7.83. The Balaban J connectivity index is 1.26. The molecule has 2 aliphatic heterocycles. The fraction of sp³-hybridized carbons (Fsp3) is 0.455. The van der Waals surface area contributed by atoms with Crippen LogP contribution in [-0.4, -0.2) is 64.9 Å². The number of pyridine rings is 1. The molecule has 146 valence electrons. The van der Waals surface area contributed by atoms with Gasteiger partial charge >= 0.3 is 0 Å². The van der Waals surface area contributed by atoms with Crippen LogP contribution in [0.4, 0.5) is 5.69 Å². The second kappa shape index (κ2) is 7.53. The number of aryl methyl sites for hydroxylation is 1. The normalized spacial score (nSPS) is 19.4. The fourth-order valence-electron chi connectivity index (χ4n) is 4.42. The molecule has 5 rings (SSSR count). The van der Waals surface area contributed by atoms with Crippen LogP contribution in [0.3, 0.4) is 0 Å². The van der Waals surface area contributed by atoms with Gasteiger partial charge in [-0.15, -0.1) is 0 Å². The number of anilines is 1. The van der Waals surface area contributed by atoms with Crippen molar-refractivity contribution in [1.82, 2.24) is 19.4 Å². The highest BCUT2D eigenvalue weighted by atomic mass is 16.5. The molecule has 0 spiro atoms. The molecule has 2 saturated heterocycles. The van der Waals surface area contributed by atoms with Gasteiger partial charge in [0.25, 0.3) is 0 Å². The van der Waals surface area contributed by atoms with E-state index in [2.05, 4.69) is 50.1 Å². The highest BCUT2D eigenvalue weighted by Gasteiger charge is 2.25. The molecule has 6 nitrogen and oxygen atoms in total. The number of fused-ring (bicyclic) bond motifs is 1. The molecule has 0 atom stereocenters. The van der Waals surface area contributed by atoms with E-state index in [-0.39, 0.29) is 0 Å². The largest absolute Gasteiger partial charge is 0.381 e. The van der Waals surface area contributed by atoms with Crippen molar-refractivity contribution >= 4 is 16.7 Å². The quantitative estimate of drug-likeness (QED) is 0.702. The van der Waals surface area contributed by atoms with Crippen LogP contribution in [0.25, 0.3) is 22.3 Å². The molecule has 0 aliphatic carbocycles. The van der Waals surface area contributed by atoms with E-state index < -0.39 is 0 Å². The summed E-state index contributed by atoms with van der Waals surface area (Å²) in [6, 6.07) is 11.6. The van der Waals surface area contributed by atoms with Gasteiger partial charge in [-0.25, -0.2) is 4.98 Å². The van der Waals surface area contributed by atoms with Gasteiger partial charge in [0.1, 0.15) is 0 Å². The van der Waals surface area contributed by atoms with Gasteiger partial charge in [0.15, 0.2) is 0 Å². The molecule has 0 amide bonds. The number of imidazole rings is 1. The van der Waals surface area contributed by atoms with E-state index >= 15 is 0 Å². The lowest BCUT2D eigenvalue weighted by atomic mass is 10.1. The lowest BCUT2D eigenvalue weighted by molar-refractivity contribution is 0.0321. The smallest absolute Gasteiger partial charge is 0.0956 e. The number of hydrogen-bond acceptors (Lipinski definition) is 5. The second-order valence-corrected chi connectivity index (χ2v) is 7.83. The molecule has 0 bridgehead atoms. The molecular weight excluding hydrogens is 350 g/mol.